The maximum Gasteiger partial charge on any atom is 0.304 e. The molecule has 2 N–H and O–H groups in total. The van der Waals surface area contributed by atoms with Crippen LogP contribution in [0.4, 0.5) is 5.69 Å². The zero-order chi connectivity index (χ0) is 21.0. The van der Waals surface area contributed by atoms with Crippen LogP contribution in [0.15, 0.2) is 65.9 Å². The van der Waals surface area contributed by atoms with E-state index in [0.29, 0.717) is 23.0 Å². The predicted molar refractivity (Wildman–Crippen MR) is 113 cm³/mol. The third kappa shape index (κ3) is 4.56. The van der Waals surface area contributed by atoms with Gasteiger partial charge in [0.25, 0.3) is 5.91 Å². The van der Waals surface area contributed by atoms with Gasteiger partial charge in [-0.2, -0.15) is 5.43 Å². The molecule has 0 saturated carbocycles. The Labute approximate surface area is 179 Å². The van der Waals surface area contributed by atoms with Crippen molar-refractivity contribution >= 4 is 40.8 Å². The van der Waals surface area contributed by atoms with Crippen molar-refractivity contribution in [3.05, 3.63) is 76.5 Å². The van der Waals surface area contributed by atoms with Crippen LogP contribution in [-0.2, 0) is 20.9 Å². The van der Waals surface area contributed by atoms with Crippen LogP contribution >= 0.6 is 23.2 Å². The van der Waals surface area contributed by atoms with E-state index in [1.807, 2.05) is 30.3 Å². The van der Waals surface area contributed by atoms with E-state index >= 15 is 0 Å². The molecule has 8 heteroatoms. The van der Waals surface area contributed by atoms with Crippen LogP contribution in [0.2, 0.25) is 5.02 Å². The Kier molecular flexibility index (Phi) is 6.47. The van der Waals surface area contributed by atoms with Crippen molar-refractivity contribution in [2.75, 3.05) is 10.9 Å². The Balaban J connectivity index is 2.01. The smallest absolute Gasteiger partial charge is 0.304 e. The molecule has 1 atom stereocenters. The zero-order valence-corrected chi connectivity index (χ0v) is 17.6. The molecule has 0 spiro atoms. The minimum Gasteiger partial charge on any atom is -0.438 e. The number of hydrazine groups is 1. The van der Waals surface area contributed by atoms with Gasteiger partial charge in [0, 0.05) is 19.2 Å². The Morgan fingerprint density at radius 1 is 1.17 bits per heavy atom. The van der Waals surface area contributed by atoms with E-state index in [4.69, 9.17) is 27.9 Å². The summed E-state index contributed by atoms with van der Waals surface area (Å²) in [7, 11) is 0. The molecule has 1 aliphatic rings. The molecule has 2 aromatic carbocycles. The fourth-order valence-electron chi connectivity index (χ4n) is 3.22. The predicted octanol–water partition coefficient (Wildman–Crippen LogP) is 3.75. The third-order valence-corrected chi connectivity index (χ3v) is 5.03. The van der Waals surface area contributed by atoms with Crippen LogP contribution in [-0.4, -0.2) is 23.5 Å². The lowest BCUT2D eigenvalue weighted by molar-refractivity contribution is -0.153. The maximum absolute atomic E-state index is 13.3. The normalized spacial score (nSPS) is 20.6. The van der Waals surface area contributed by atoms with Gasteiger partial charge >= 0.3 is 5.97 Å². The molecular formula is C21H21Cl2N3O3. The van der Waals surface area contributed by atoms with Gasteiger partial charge in [-0.3, -0.25) is 9.59 Å². The van der Waals surface area contributed by atoms with Crippen molar-refractivity contribution in [3.8, 4) is 0 Å². The number of hydrogen-bond donors (Lipinski definition) is 2. The van der Waals surface area contributed by atoms with Gasteiger partial charge in [0.2, 0.25) is 5.72 Å². The lowest BCUT2D eigenvalue weighted by Crippen LogP contribution is -2.48. The monoisotopic (exact) mass is 433 g/mol. The van der Waals surface area contributed by atoms with Crippen molar-refractivity contribution in [2.45, 2.75) is 26.1 Å². The highest BCUT2D eigenvalue weighted by Gasteiger charge is 2.50. The van der Waals surface area contributed by atoms with Crippen LogP contribution in [0.1, 0.15) is 19.4 Å². The zero-order valence-electron chi connectivity index (χ0n) is 16.0. The summed E-state index contributed by atoms with van der Waals surface area (Å²) in [6.45, 7) is 3.35. The summed E-state index contributed by atoms with van der Waals surface area (Å²) < 4.78 is 5.50. The highest BCUT2D eigenvalue weighted by Crippen LogP contribution is 2.35. The molecule has 0 radical (unpaired) electrons. The fraction of sp³-hybridized carbons (Fsp3) is 0.238. The number of nitrogens with zero attached hydrogens (tertiary/aromatic N) is 1. The number of carbonyl (C=O) groups is 2. The second kappa shape index (κ2) is 8.86. The number of alkyl halides is 1. The van der Waals surface area contributed by atoms with Crippen LogP contribution in [0.3, 0.4) is 0 Å². The minimum absolute atomic E-state index is 0.0306. The number of halogens is 2. The van der Waals surface area contributed by atoms with E-state index in [9.17, 15) is 9.59 Å². The topological polar surface area (TPSA) is 70.7 Å². The molecule has 29 heavy (non-hydrogen) atoms. The molecule has 1 saturated heterocycles. The van der Waals surface area contributed by atoms with E-state index in [1.54, 1.807) is 31.2 Å². The number of para-hydroxylation sites is 1. The summed E-state index contributed by atoms with van der Waals surface area (Å²) in [6, 6.07) is 16.6. The summed E-state index contributed by atoms with van der Waals surface area (Å²) in [4.78, 5) is 25.1. The first kappa shape index (κ1) is 21.2. The molecule has 0 bridgehead atoms. The maximum atomic E-state index is 13.3. The number of benzene rings is 2. The molecule has 1 heterocycles. The number of amides is 1. The minimum atomic E-state index is -1.41. The number of rotatable bonds is 6. The molecule has 6 nitrogen and oxygen atoms in total. The molecule has 1 fully saturated rings. The quantitative estimate of drug-likeness (QED) is 0.412. The van der Waals surface area contributed by atoms with Crippen molar-refractivity contribution in [2.24, 2.45) is 0 Å². The van der Waals surface area contributed by atoms with E-state index in [-0.39, 0.29) is 11.5 Å². The largest absolute Gasteiger partial charge is 0.438 e. The number of allylic oxidation sites excluding steroid dienone is 1. The van der Waals surface area contributed by atoms with Crippen LogP contribution in [0, 0.1) is 0 Å². The van der Waals surface area contributed by atoms with E-state index in [2.05, 4.69) is 10.7 Å². The standard InChI is InChI=1S/C21H21Cl2N3O3/c1-14(27)29-21(2)19(17(12-22)24-13-15-8-4-3-5-9-15)20(28)26(25-21)18-11-7-6-10-16(18)23/h3-11,24-25H,12-13H2,1-2H3. The molecule has 0 aliphatic carbocycles. The molecule has 1 amide bonds. The second-order valence-electron chi connectivity index (χ2n) is 6.66. The second-order valence-corrected chi connectivity index (χ2v) is 7.33. The summed E-state index contributed by atoms with van der Waals surface area (Å²) in [5, 5.41) is 4.86. The highest BCUT2D eigenvalue weighted by molar-refractivity contribution is 6.34. The van der Waals surface area contributed by atoms with Gasteiger partial charge in [0.15, 0.2) is 0 Å². The summed E-state index contributed by atoms with van der Waals surface area (Å²) in [5.74, 6) is -0.913. The molecule has 152 valence electrons. The average molecular weight is 434 g/mol. The summed E-state index contributed by atoms with van der Waals surface area (Å²) >= 11 is 12.5. The summed E-state index contributed by atoms with van der Waals surface area (Å²) in [5.41, 5.74) is 3.72. The number of hydrogen-bond acceptors (Lipinski definition) is 5. The molecule has 3 rings (SSSR count). The lowest BCUT2D eigenvalue weighted by Gasteiger charge is -2.27. The van der Waals surface area contributed by atoms with Crippen molar-refractivity contribution < 1.29 is 14.3 Å². The van der Waals surface area contributed by atoms with Gasteiger partial charge in [0.1, 0.15) is 0 Å². The number of nitrogens with one attached hydrogen (secondary N) is 2. The van der Waals surface area contributed by atoms with Gasteiger partial charge in [0.05, 0.1) is 22.2 Å². The van der Waals surface area contributed by atoms with Crippen molar-refractivity contribution in [1.29, 1.82) is 0 Å². The van der Waals surface area contributed by atoms with E-state index < -0.39 is 17.6 Å². The number of anilines is 1. The first-order valence-corrected chi connectivity index (χ1v) is 9.90. The SMILES string of the molecule is CC(=O)OC1(C)NN(c2ccccc2Cl)C(=O)C1=C(CCl)NCc1ccccc1. The van der Waals surface area contributed by atoms with Gasteiger partial charge in [-0.05, 0) is 24.6 Å². The Morgan fingerprint density at radius 2 is 1.83 bits per heavy atom. The first-order valence-electron chi connectivity index (χ1n) is 8.99. The molecule has 1 aliphatic heterocycles. The van der Waals surface area contributed by atoms with Crippen molar-refractivity contribution in [1.82, 2.24) is 10.7 Å². The highest BCUT2D eigenvalue weighted by atomic mass is 35.5. The first-order chi connectivity index (χ1) is 13.9. The van der Waals surface area contributed by atoms with Crippen LogP contribution in [0.5, 0.6) is 0 Å². The molecule has 1 unspecified atom stereocenters. The fourth-order valence-corrected chi connectivity index (χ4v) is 3.67. The summed E-state index contributed by atoms with van der Waals surface area (Å²) in [6.07, 6.45) is 0. The van der Waals surface area contributed by atoms with Crippen LogP contribution in [0.25, 0.3) is 0 Å². The lowest BCUT2D eigenvalue weighted by atomic mass is 10.0. The van der Waals surface area contributed by atoms with Gasteiger partial charge < -0.3 is 10.1 Å². The van der Waals surface area contributed by atoms with Gasteiger partial charge in [-0.1, -0.05) is 54.1 Å². The van der Waals surface area contributed by atoms with Gasteiger partial charge in [-0.25, -0.2) is 5.01 Å². The Morgan fingerprint density at radius 3 is 2.45 bits per heavy atom. The number of esters is 1. The molecule has 2 aromatic rings. The number of ether oxygens (including phenoxy) is 1. The van der Waals surface area contributed by atoms with Crippen LogP contribution < -0.4 is 15.8 Å². The van der Waals surface area contributed by atoms with Gasteiger partial charge in [-0.15, -0.1) is 11.6 Å². The van der Waals surface area contributed by atoms with E-state index in [0.717, 1.165) is 5.56 Å². The number of carbonyl (C=O) groups excluding carboxylic acids is 2. The Hall–Kier alpha value is -2.54. The Bertz CT molecular complexity index is 949. The molecular weight excluding hydrogens is 413 g/mol. The van der Waals surface area contributed by atoms with Crippen molar-refractivity contribution in [3.63, 3.8) is 0 Å². The molecule has 0 aromatic heterocycles. The third-order valence-electron chi connectivity index (χ3n) is 4.44. The van der Waals surface area contributed by atoms with E-state index in [1.165, 1.54) is 11.9 Å². The average Bonchev–Trinajstić information content (AvgIpc) is 2.94.